The number of ether oxygens (including phenoxy) is 4. The zero-order valence-corrected chi connectivity index (χ0v) is 22.6. The lowest BCUT2D eigenvalue weighted by atomic mass is 9.99. The van der Waals surface area contributed by atoms with E-state index >= 15 is 0 Å². The lowest BCUT2D eigenvalue weighted by molar-refractivity contribution is 0.158. The molecule has 1 aliphatic rings. The number of hydrogen-bond acceptors (Lipinski definition) is 6. The Bertz CT molecular complexity index is 887. The Labute approximate surface area is 213 Å². The highest BCUT2D eigenvalue weighted by Crippen LogP contribution is 2.31. The van der Waals surface area contributed by atoms with Crippen molar-refractivity contribution >= 4 is 15.9 Å². The second-order valence-corrected chi connectivity index (χ2v) is 10.0. The average Bonchev–Trinajstić information content (AvgIpc) is 2.84. The molecule has 34 heavy (non-hydrogen) atoms. The van der Waals surface area contributed by atoms with Crippen molar-refractivity contribution in [1.82, 2.24) is 9.80 Å². The molecular weight excluding hydrogens is 496 g/mol. The van der Waals surface area contributed by atoms with Gasteiger partial charge in [-0.1, -0.05) is 28.9 Å². The smallest absolute Gasteiger partial charge is 0.161 e. The Kier molecular flexibility index (Phi) is 10.8. The third kappa shape index (κ3) is 8.36. The first kappa shape index (κ1) is 26.6. The first-order valence-electron chi connectivity index (χ1n) is 12.2. The Morgan fingerprint density at radius 1 is 0.912 bits per heavy atom. The Balaban J connectivity index is 1.40. The molecule has 2 aromatic rings. The lowest BCUT2D eigenvalue weighted by Crippen LogP contribution is -2.35. The number of halogens is 1. The van der Waals surface area contributed by atoms with Crippen LogP contribution >= 0.6 is 15.9 Å². The van der Waals surface area contributed by atoms with Gasteiger partial charge in [0.25, 0.3) is 0 Å². The molecule has 0 unspecified atom stereocenters. The number of rotatable bonds is 13. The maximum atomic E-state index is 6.06. The van der Waals surface area contributed by atoms with Gasteiger partial charge < -0.3 is 23.8 Å². The van der Waals surface area contributed by atoms with E-state index in [0.717, 1.165) is 59.4 Å². The maximum absolute atomic E-state index is 6.06. The first-order chi connectivity index (χ1) is 16.5. The van der Waals surface area contributed by atoms with Crippen molar-refractivity contribution < 1.29 is 18.9 Å². The fourth-order valence-corrected chi connectivity index (χ4v) is 4.51. The Hall–Kier alpha value is -1.96. The summed E-state index contributed by atoms with van der Waals surface area (Å²) in [6, 6.07) is 12.0. The van der Waals surface area contributed by atoms with Crippen molar-refractivity contribution in [1.29, 1.82) is 0 Å². The largest absolute Gasteiger partial charge is 0.493 e. The van der Waals surface area contributed by atoms with E-state index in [4.69, 9.17) is 18.9 Å². The molecular formula is C27H39BrN2O4. The van der Waals surface area contributed by atoms with Crippen LogP contribution in [0.3, 0.4) is 0 Å². The maximum Gasteiger partial charge on any atom is 0.161 e. The summed E-state index contributed by atoms with van der Waals surface area (Å²) in [5, 5.41) is 0. The summed E-state index contributed by atoms with van der Waals surface area (Å²) in [5.74, 6) is 3.97. The van der Waals surface area contributed by atoms with E-state index in [1.165, 1.54) is 31.5 Å². The summed E-state index contributed by atoms with van der Waals surface area (Å²) < 4.78 is 23.9. The van der Waals surface area contributed by atoms with Crippen LogP contribution in [0.5, 0.6) is 23.0 Å². The highest BCUT2D eigenvalue weighted by atomic mass is 79.9. The fraction of sp³-hybridized carbons (Fsp3) is 0.556. The SMILES string of the molecule is COc1cc(Br)ccc1OCCCN(C)Cc1ccc(OCCN2CCC(C)CC2)c(OC)c1. The molecule has 1 fully saturated rings. The minimum Gasteiger partial charge on any atom is -0.493 e. The van der Waals surface area contributed by atoms with Crippen LogP contribution in [-0.4, -0.2) is 70.5 Å². The van der Waals surface area contributed by atoms with E-state index in [-0.39, 0.29) is 0 Å². The number of methoxy groups -OCH3 is 2. The van der Waals surface area contributed by atoms with Crippen LogP contribution in [0.2, 0.25) is 0 Å². The molecule has 0 aromatic heterocycles. The van der Waals surface area contributed by atoms with Crippen molar-refractivity contribution in [3.8, 4) is 23.0 Å². The lowest BCUT2D eigenvalue weighted by Gasteiger charge is -2.30. The van der Waals surface area contributed by atoms with Gasteiger partial charge in [-0.2, -0.15) is 0 Å². The van der Waals surface area contributed by atoms with Crippen molar-refractivity contribution in [3.63, 3.8) is 0 Å². The number of nitrogens with zero attached hydrogens (tertiary/aromatic N) is 2. The molecule has 3 rings (SSSR count). The van der Waals surface area contributed by atoms with Gasteiger partial charge in [0.2, 0.25) is 0 Å². The van der Waals surface area contributed by atoms with Crippen molar-refractivity contribution in [2.24, 2.45) is 5.92 Å². The molecule has 6 nitrogen and oxygen atoms in total. The predicted octanol–water partition coefficient (Wildman–Crippen LogP) is 5.48. The van der Waals surface area contributed by atoms with Gasteiger partial charge in [-0.25, -0.2) is 0 Å². The first-order valence-corrected chi connectivity index (χ1v) is 12.9. The minimum absolute atomic E-state index is 0.633. The van der Waals surface area contributed by atoms with Gasteiger partial charge in [-0.05, 0) is 81.2 Å². The molecule has 0 atom stereocenters. The molecule has 0 saturated carbocycles. The zero-order chi connectivity index (χ0) is 24.3. The van der Waals surface area contributed by atoms with Crippen LogP contribution < -0.4 is 18.9 Å². The second kappa shape index (κ2) is 13.8. The van der Waals surface area contributed by atoms with E-state index in [1.54, 1.807) is 14.2 Å². The van der Waals surface area contributed by atoms with E-state index in [2.05, 4.69) is 51.8 Å². The molecule has 1 aliphatic heterocycles. The predicted molar refractivity (Wildman–Crippen MR) is 140 cm³/mol. The van der Waals surface area contributed by atoms with E-state index in [1.807, 2.05) is 24.3 Å². The number of piperidine rings is 1. The van der Waals surface area contributed by atoms with Crippen molar-refractivity contribution in [2.45, 2.75) is 32.7 Å². The molecule has 0 N–H and O–H groups in total. The summed E-state index contributed by atoms with van der Waals surface area (Å²) in [6.45, 7) is 8.74. The average molecular weight is 536 g/mol. The summed E-state index contributed by atoms with van der Waals surface area (Å²) in [5.41, 5.74) is 1.20. The van der Waals surface area contributed by atoms with Gasteiger partial charge in [0, 0.05) is 24.1 Å². The molecule has 0 amide bonds. The molecule has 0 aliphatic carbocycles. The standard InChI is InChI=1S/C27H39BrN2O4/c1-21-10-13-30(14-11-21)15-17-34-24-8-6-22(18-26(24)31-3)20-29(2)12-5-16-33-25-9-7-23(28)19-27(25)32-4/h6-9,18-19,21H,5,10-17,20H2,1-4H3. The van der Waals surface area contributed by atoms with Crippen LogP contribution in [0.4, 0.5) is 0 Å². The van der Waals surface area contributed by atoms with Gasteiger partial charge in [-0.15, -0.1) is 0 Å². The molecule has 2 aromatic carbocycles. The molecule has 7 heteroatoms. The molecule has 0 bridgehead atoms. The normalized spacial score (nSPS) is 14.9. The molecule has 1 saturated heterocycles. The summed E-state index contributed by atoms with van der Waals surface area (Å²) >= 11 is 3.45. The summed E-state index contributed by atoms with van der Waals surface area (Å²) in [7, 11) is 5.48. The zero-order valence-electron chi connectivity index (χ0n) is 21.0. The second-order valence-electron chi connectivity index (χ2n) is 9.09. The van der Waals surface area contributed by atoms with Crippen LogP contribution in [0.1, 0.15) is 31.7 Å². The van der Waals surface area contributed by atoms with Gasteiger partial charge in [0.05, 0.1) is 20.8 Å². The van der Waals surface area contributed by atoms with Crippen molar-refractivity contribution in [2.75, 3.05) is 60.7 Å². The molecule has 0 spiro atoms. The van der Waals surface area contributed by atoms with E-state index < -0.39 is 0 Å². The third-order valence-corrected chi connectivity index (χ3v) is 6.78. The molecule has 1 heterocycles. The van der Waals surface area contributed by atoms with Crippen LogP contribution in [0.25, 0.3) is 0 Å². The number of benzene rings is 2. The van der Waals surface area contributed by atoms with Gasteiger partial charge in [0.15, 0.2) is 23.0 Å². The minimum atomic E-state index is 0.633. The Morgan fingerprint density at radius 3 is 2.26 bits per heavy atom. The third-order valence-electron chi connectivity index (χ3n) is 6.29. The van der Waals surface area contributed by atoms with Crippen molar-refractivity contribution in [3.05, 3.63) is 46.4 Å². The monoisotopic (exact) mass is 534 g/mol. The summed E-state index contributed by atoms with van der Waals surface area (Å²) in [6.07, 6.45) is 3.50. The van der Waals surface area contributed by atoms with E-state index in [9.17, 15) is 0 Å². The fourth-order valence-electron chi connectivity index (χ4n) is 4.17. The highest BCUT2D eigenvalue weighted by molar-refractivity contribution is 9.10. The van der Waals surface area contributed by atoms with Crippen LogP contribution in [0, 0.1) is 5.92 Å². The van der Waals surface area contributed by atoms with Crippen LogP contribution in [-0.2, 0) is 6.54 Å². The van der Waals surface area contributed by atoms with E-state index in [0.29, 0.717) is 13.2 Å². The molecule has 188 valence electrons. The highest BCUT2D eigenvalue weighted by Gasteiger charge is 2.16. The van der Waals surface area contributed by atoms with Gasteiger partial charge >= 0.3 is 0 Å². The topological polar surface area (TPSA) is 43.4 Å². The summed E-state index contributed by atoms with van der Waals surface area (Å²) in [4.78, 5) is 4.78. The van der Waals surface area contributed by atoms with Gasteiger partial charge in [-0.3, -0.25) is 4.90 Å². The van der Waals surface area contributed by atoms with Gasteiger partial charge in [0.1, 0.15) is 6.61 Å². The van der Waals surface area contributed by atoms with Crippen LogP contribution in [0.15, 0.2) is 40.9 Å². The number of likely N-dealkylation sites (tertiary alicyclic amines) is 1. The quantitative estimate of drug-likeness (QED) is 0.317. The Morgan fingerprint density at radius 2 is 1.56 bits per heavy atom. The number of hydrogen-bond donors (Lipinski definition) is 0. The molecule has 0 radical (unpaired) electrons.